The van der Waals surface area contributed by atoms with Crippen LogP contribution in [0.25, 0.3) is 0 Å². The van der Waals surface area contributed by atoms with Crippen LogP contribution in [0, 0.1) is 0 Å². The van der Waals surface area contributed by atoms with Crippen LogP contribution in [0.15, 0.2) is 6.33 Å². The fourth-order valence-electron chi connectivity index (χ4n) is 1.98. The highest BCUT2D eigenvalue weighted by Crippen LogP contribution is 2.25. The van der Waals surface area contributed by atoms with Crippen LogP contribution < -0.4 is 5.32 Å². The van der Waals surface area contributed by atoms with Crippen molar-refractivity contribution in [1.82, 2.24) is 9.97 Å². The van der Waals surface area contributed by atoms with E-state index < -0.39 is 0 Å². The summed E-state index contributed by atoms with van der Waals surface area (Å²) in [7, 11) is 0. The van der Waals surface area contributed by atoms with E-state index in [-0.39, 0.29) is 5.54 Å². The molecule has 0 bridgehead atoms. The molecule has 0 saturated carbocycles. The van der Waals surface area contributed by atoms with Crippen LogP contribution in [0.1, 0.15) is 52.5 Å². The molecule has 0 aliphatic heterocycles. The zero-order valence-electron chi connectivity index (χ0n) is 11.2. The number of hydrogen-bond acceptors (Lipinski definition) is 3. The van der Waals surface area contributed by atoms with Crippen molar-refractivity contribution in [3.63, 3.8) is 0 Å². The molecular weight excluding hydrogens is 234 g/mol. The van der Waals surface area contributed by atoms with Crippen molar-refractivity contribution < 1.29 is 0 Å². The first-order valence-electron chi connectivity index (χ1n) is 6.27. The molecule has 4 heteroatoms. The van der Waals surface area contributed by atoms with Gasteiger partial charge in [-0.25, -0.2) is 9.97 Å². The van der Waals surface area contributed by atoms with Crippen LogP contribution in [0.5, 0.6) is 0 Å². The van der Waals surface area contributed by atoms with Gasteiger partial charge in [-0.15, -0.1) is 0 Å². The van der Waals surface area contributed by atoms with E-state index in [4.69, 9.17) is 11.6 Å². The van der Waals surface area contributed by atoms with E-state index in [0.29, 0.717) is 5.15 Å². The van der Waals surface area contributed by atoms with Gasteiger partial charge in [-0.3, -0.25) is 0 Å². The van der Waals surface area contributed by atoms with Gasteiger partial charge < -0.3 is 5.32 Å². The summed E-state index contributed by atoms with van der Waals surface area (Å²) in [6, 6.07) is 0. The van der Waals surface area contributed by atoms with Gasteiger partial charge >= 0.3 is 0 Å². The largest absolute Gasteiger partial charge is 0.365 e. The molecule has 3 nitrogen and oxygen atoms in total. The van der Waals surface area contributed by atoms with Gasteiger partial charge in [-0.05, 0) is 26.7 Å². The van der Waals surface area contributed by atoms with Gasteiger partial charge in [-0.2, -0.15) is 0 Å². The summed E-state index contributed by atoms with van der Waals surface area (Å²) in [4.78, 5) is 8.37. The van der Waals surface area contributed by atoms with E-state index in [1.807, 2.05) is 0 Å². The molecular formula is C13H22ClN3. The van der Waals surface area contributed by atoms with Crippen molar-refractivity contribution in [2.24, 2.45) is 0 Å². The van der Waals surface area contributed by atoms with Gasteiger partial charge in [0.25, 0.3) is 0 Å². The molecule has 1 aromatic rings. The third kappa shape index (κ3) is 4.15. The fourth-order valence-corrected chi connectivity index (χ4v) is 2.21. The van der Waals surface area contributed by atoms with Crippen LogP contribution >= 0.6 is 11.6 Å². The molecule has 0 atom stereocenters. The maximum atomic E-state index is 6.12. The number of hydrogen-bond donors (Lipinski definition) is 1. The Bertz CT molecular complexity index is 364. The number of rotatable bonds is 6. The summed E-state index contributed by atoms with van der Waals surface area (Å²) >= 11 is 6.12. The molecule has 17 heavy (non-hydrogen) atoms. The summed E-state index contributed by atoms with van der Waals surface area (Å²) in [6.45, 7) is 8.68. The molecule has 0 aromatic carbocycles. The predicted octanol–water partition coefficient (Wildman–Crippen LogP) is 4.07. The van der Waals surface area contributed by atoms with Crippen LogP contribution in [-0.2, 0) is 6.42 Å². The summed E-state index contributed by atoms with van der Waals surface area (Å²) in [5.74, 6) is 0.880. The number of aromatic nitrogens is 2. The molecule has 1 aromatic heterocycles. The highest BCUT2D eigenvalue weighted by Gasteiger charge is 2.19. The normalized spacial score (nSPS) is 11.6. The second kappa shape index (κ2) is 6.20. The molecule has 0 aliphatic carbocycles. The van der Waals surface area contributed by atoms with Gasteiger partial charge in [0.1, 0.15) is 17.3 Å². The molecule has 0 fully saturated rings. The minimum atomic E-state index is 0.0366. The first-order valence-corrected chi connectivity index (χ1v) is 6.65. The minimum absolute atomic E-state index is 0.0366. The quantitative estimate of drug-likeness (QED) is 0.779. The highest BCUT2D eigenvalue weighted by atomic mass is 35.5. The smallest absolute Gasteiger partial charge is 0.137 e. The molecule has 1 N–H and O–H groups in total. The van der Waals surface area contributed by atoms with Crippen molar-refractivity contribution in [3.05, 3.63) is 17.0 Å². The molecule has 0 aliphatic rings. The lowest BCUT2D eigenvalue weighted by molar-refractivity contribution is 0.508. The molecule has 0 saturated heterocycles. The van der Waals surface area contributed by atoms with Crippen molar-refractivity contribution in [2.45, 2.75) is 58.9 Å². The monoisotopic (exact) mass is 255 g/mol. The molecule has 1 rings (SSSR count). The maximum Gasteiger partial charge on any atom is 0.137 e. The van der Waals surface area contributed by atoms with Gasteiger partial charge in [-0.1, -0.05) is 38.3 Å². The van der Waals surface area contributed by atoms with Crippen LogP contribution in [0.2, 0.25) is 5.15 Å². The van der Waals surface area contributed by atoms with Crippen molar-refractivity contribution in [2.75, 3.05) is 5.32 Å². The SMILES string of the molecule is CCCc1c(Cl)ncnc1NC(C)(C)CCC. The summed E-state index contributed by atoms with van der Waals surface area (Å²) in [6.07, 6.45) is 5.70. The minimum Gasteiger partial charge on any atom is -0.365 e. The summed E-state index contributed by atoms with van der Waals surface area (Å²) in [5.41, 5.74) is 1.07. The molecule has 0 amide bonds. The first-order chi connectivity index (χ1) is 8.00. The number of nitrogens with one attached hydrogen (secondary N) is 1. The predicted molar refractivity (Wildman–Crippen MR) is 73.6 cm³/mol. The van der Waals surface area contributed by atoms with E-state index in [1.165, 1.54) is 6.33 Å². The average molecular weight is 256 g/mol. The van der Waals surface area contributed by atoms with E-state index in [9.17, 15) is 0 Å². The van der Waals surface area contributed by atoms with Crippen LogP contribution in [0.4, 0.5) is 5.82 Å². The van der Waals surface area contributed by atoms with E-state index in [2.05, 4.69) is 43.0 Å². The lowest BCUT2D eigenvalue weighted by atomic mass is 9.98. The van der Waals surface area contributed by atoms with Crippen LogP contribution in [0.3, 0.4) is 0 Å². The molecule has 0 radical (unpaired) electrons. The Morgan fingerprint density at radius 1 is 1.24 bits per heavy atom. The second-order valence-corrected chi connectivity index (χ2v) is 5.36. The van der Waals surface area contributed by atoms with Gasteiger partial charge in [0.15, 0.2) is 0 Å². The third-order valence-corrected chi connectivity index (χ3v) is 3.05. The maximum absolute atomic E-state index is 6.12. The lowest BCUT2D eigenvalue weighted by Gasteiger charge is -2.27. The van der Waals surface area contributed by atoms with Gasteiger partial charge in [0.05, 0.1) is 0 Å². The number of halogens is 1. The molecule has 96 valence electrons. The Kier molecular flexibility index (Phi) is 5.19. The van der Waals surface area contributed by atoms with Crippen molar-refractivity contribution >= 4 is 17.4 Å². The topological polar surface area (TPSA) is 37.8 Å². The van der Waals surface area contributed by atoms with E-state index >= 15 is 0 Å². The summed E-state index contributed by atoms with van der Waals surface area (Å²) in [5, 5.41) is 4.04. The molecule has 0 spiro atoms. The lowest BCUT2D eigenvalue weighted by Crippen LogP contribution is -2.31. The molecule has 0 unspecified atom stereocenters. The van der Waals surface area contributed by atoms with Gasteiger partial charge in [0.2, 0.25) is 0 Å². The number of anilines is 1. The van der Waals surface area contributed by atoms with Crippen molar-refractivity contribution in [3.8, 4) is 0 Å². The average Bonchev–Trinajstić information content (AvgIpc) is 2.22. The Labute approximate surface area is 109 Å². The van der Waals surface area contributed by atoms with Crippen molar-refractivity contribution in [1.29, 1.82) is 0 Å². The standard InChI is InChI=1S/C13H22ClN3/c1-5-7-10-11(14)15-9-16-12(10)17-13(3,4)8-6-2/h9H,5-8H2,1-4H3,(H,15,16,17). The Morgan fingerprint density at radius 2 is 1.94 bits per heavy atom. The Morgan fingerprint density at radius 3 is 2.53 bits per heavy atom. The molecule has 1 heterocycles. The zero-order chi connectivity index (χ0) is 12.9. The highest BCUT2D eigenvalue weighted by molar-refractivity contribution is 6.30. The first kappa shape index (κ1) is 14.2. The van der Waals surface area contributed by atoms with Gasteiger partial charge in [0, 0.05) is 11.1 Å². The summed E-state index contributed by atoms with van der Waals surface area (Å²) < 4.78 is 0. The van der Waals surface area contributed by atoms with E-state index in [1.54, 1.807) is 0 Å². The second-order valence-electron chi connectivity index (χ2n) is 5.00. The zero-order valence-corrected chi connectivity index (χ0v) is 11.9. The van der Waals surface area contributed by atoms with E-state index in [0.717, 1.165) is 37.1 Å². The third-order valence-electron chi connectivity index (χ3n) is 2.72. The fraction of sp³-hybridized carbons (Fsp3) is 0.692. The van der Waals surface area contributed by atoms with Crippen LogP contribution in [-0.4, -0.2) is 15.5 Å². The Hall–Kier alpha value is -0.830. The number of nitrogens with zero attached hydrogens (tertiary/aromatic N) is 2. The Balaban J connectivity index is 2.93.